The first kappa shape index (κ1) is 12.7. The number of allylic oxidation sites excluding steroid dienone is 1. The molecule has 1 aromatic rings. The summed E-state index contributed by atoms with van der Waals surface area (Å²) in [4.78, 5) is 24.0. The fourth-order valence-electron chi connectivity index (χ4n) is 1.94. The van der Waals surface area contributed by atoms with Crippen molar-refractivity contribution in [1.29, 1.82) is 0 Å². The number of aliphatic hydroxyl groups is 2. The van der Waals surface area contributed by atoms with Crippen LogP contribution in [-0.2, 0) is 0 Å². The van der Waals surface area contributed by atoms with E-state index in [-0.39, 0.29) is 12.0 Å². The third-order valence-corrected chi connectivity index (χ3v) is 2.88. The topological polar surface area (TPSA) is 95.3 Å². The second-order valence-corrected chi connectivity index (χ2v) is 3.94. The van der Waals surface area contributed by atoms with E-state index in [9.17, 15) is 23.5 Å². The maximum Gasteiger partial charge on any atom is 0.329 e. The fourth-order valence-corrected chi connectivity index (χ4v) is 1.94. The molecule has 0 amide bonds. The molecule has 2 unspecified atom stereocenters. The van der Waals surface area contributed by atoms with E-state index in [0.29, 0.717) is 10.8 Å². The van der Waals surface area contributed by atoms with Crippen LogP contribution in [0.1, 0.15) is 12.5 Å². The largest absolute Gasteiger partial charge is 0.392 e. The van der Waals surface area contributed by atoms with E-state index in [2.05, 4.69) is 0 Å². The number of nitrogens with one attached hydrogen (secondary N) is 1. The minimum atomic E-state index is -1.23. The Morgan fingerprint density at radius 2 is 2.11 bits per heavy atom. The van der Waals surface area contributed by atoms with Gasteiger partial charge in [0.1, 0.15) is 5.83 Å². The number of aromatic amines is 1. The quantitative estimate of drug-likeness (QED) is 0.648. The second-order valence-electron chi connectivity index (χ2n) is 3.94. The second kappa shape index (κ2) is 4.46. The summed E-state index contributed by atoms with van der Waals surface area (Å²) in [5.74, 6) is -2.12. The van der Waals surface area contributed by atoms with Gasteiger partial charge in [-0.1, -0.05) is 0 Å². The zero-order chi connectivity index (χ0) is 13.4. The molecule has 1 heterocycles. The Morgan fingerprint density at radius 1 is 1.44 bits per heavy atom. The van der Waals surface area contributed by atoms with Crippen molar-refractivity contribution in [3.63, 3.8) is 0 Å². The third kappa shape index (κ3) is 1.89. The van der Waals surface area contributed by atoms with Gasteiger partial charge >= 0.3 is 5.69 Å². The van der Waals surface area contributed by atoms with Crippen LogP contribution in [0.5, 0.6) is 0 Å². The highest BCUT2D eigenvalue weighted by molar-refractivity contribution is 5.24. The minimum absolute atomic E-state index is 0.201. The number of aliphatic hydroxyl groups excluding tert-OH is 2. The van der Waals surface area contributed by atoms with Gasteiger partial charge in [0.25, 0.3) is 5.56 Å². The van der Waals surface area contributed by atoms with Gasteiger partial charge in [0.05, 0.1) is 24.9 Å². The van der Waals surface area contributed by atoms with Crippen LogP contribution in [0.15, 0.2) is 27.2 Å². The van der Waals surface area contributed by atoms with E-state index in [4.69, 9.17) is 5.11 Å². The van der Waals surface area contributed by atoms with Crippen LogP contribution in [0.2, 0.25) is 0 Å². The fraction of sp³-hybridized carbons (Fsp3) is 0.400. The predicted molar refractivity (Wildman–Crippen MR) is 56.2 cm³/mol. The van der Waals surface area contributed by atoms with Crippen molar-refractivity contribution in [3.05, 3.63) is 44.3 Å². The Morgan fingerprint density at radius 3 is 2.67 bits per heavy atom. The number of H-pyrrole nitrogens is 1. The van der Waals surface area contributed by atoms with Crippen LogP contribution in [0, 0.1) is 5.82 Å². The first-order chi connectivity index (χ1) is 8.45. The number of halogens is 2. The van der Waals surface area contributed by atoms with Gasteiger partial charge in [0.2, 0.25) is 5.82 Å². The Balaban J connectivity index is 2.52. The van der Waals surface area contributed by atoms with E-state index in [1.54, 1.807) is 4.98 Å². The number of nitrogens with zero attached hydrogens (tertiary/aromatic N) is 1. The molecule has 0 spiro atoms. The highest BCUT2D eigenvalue weighted by Crippen LogP contribution is 2.35. The van der Waals surface area contributed by atoms with Gasteiger partial charge < -0.3 is 10.2 Å². The van der Waals surface area contributed by atoms with Crippen molar-refractivity contribution in [3.8, 4) is 0 Å². The molecule has 98 valence electrons. The normalized spacial score (nSPS) is 23.8. The molecule has 0 aromatic carbocycles. The number of hydrogen-bond donors (Lipinski definition) is 3. The smallest absolute Gasteiger partial charge is 0.329 e. The molecule has 6 nitrogen and oxygen atoms in total. The molecule has 8 heteroatoms. The summed E-state index contributed by atoms with van der Waals surface area (Å²) in [7, 11) is 0. The summed E-state index contributed by atoms with van der Waals surface area (Å²) < 4.78 is 27.5. The van der Waals surface area contributed by atoms with Crippen molar-refractivity contribution in [2.75, 3.05) is 6.61 Å². The highest BCUT2D eigenvalue weighted by Gasteiger charge is 2.34. The monoisotopic (exact) mass is 260 g/mol. The summed E-state index contributed by atoms with van der Waals surface area (Å²) in [6.45, 7) is -0.690. The van der Waals surface area contributed by atoms with Gasteiger partial charge in [0, 0.05) is 12.0 Å². The van der Waals surface area contributed by atoms with E-state index in [1.165, 1.54) is 0 Å². The molecule has 0 aliphatic heterocycles. The van der Waals surface area contributed by atoms with Crippen LogP contribution in [0.25, 0.3) is 0 Å². The lowest BCUT2D eigenvalue weighted by Gasteiger charge is -2.12. The van der Waals surface area contributed by atoms with E-state index in [1.807, 2.05) is 0 Å². The molecule has 0 radical (unpaired) electrons. The standard InChI is InChI=1S/C10H10F2N2O4/c11-5-2-14(10(18)13-9(5)17)6-1-7(16)4(3-15)8(6)12/h2,6-7,15-16H,1,3H2,(H,13,17,18). The molecule has 0 bridgehead atoms. The molecular formula is C10H10F2N2O4. The van der Waals surface area contributed by atoms with E-state index < -0.39 is 41.6 Å². The minimum Gasteiger partial charge on any atom is -0.392 e. The maximum absolute atomic E-state index is 13.8. The van der Waals surface area contributed by atoms with E-state index in [0.717, 1.165) is 0 Å². The summed E-state index contributed by atoms with van der Waals surface area (Å²) in [6, 6.07) is -1.22. The average molecular weight is 260 g/mol. The van der Waals surface area contributed by atoms with Gasteiger partial charge in [-0.05, 0) is 0 Å². The number of hydrogen-bond acceptors (Lipinski definition) is 4. The van der Waals surface area contributed by atoms with E-state index >= 15 is 0 Å². The molecule has 2 rings (SSSR count). The van der Waals surface area contributed by atoms with Crippen LogP contribution in [0.4, 0.5) is 8.78 Å². The third-order valence-electron chi connectivity index (χ3n) is 2.88. The van der Waals surface area contributed by atoms with Gasteiger partial charge in [-0.25, -0.2) is 9.18 Å². The average Bonchev–Trinajstić information content (AvgIpc) is 2.59. The van der Waals surface area contributed by atoms with Gasteiger partial charge in [-0.2, -0.15) is 4.39 Å². The van der Waals surface area contributed by atoms with Gasteiger partial charge in [0.15, 0.2) is 0 Å². The summed E-state index contributed by atoms with van der Waals surface area (Å²) in [6.07, 6.45) is -0.854. The molecule has 1 aromatic heterocycles. The predicted octanol–water partition coefficient (Wildman–Crippen LogP) is -0.803. The van der Waals surface area contributed by atoms with Crippen LogP contribution in [-0.4, -0.2) is 32.5 Å². The van der Waals surface area contributed by atoms with Crippen LogP contribution in [0.3, 0.4) is 0 Å². The molecular weight excluding hydrogens is 250 g/mol. The molecule has 1 aliphatic rings. The zero-order valence-electron chi connectivity index (χ0n) is 9.06. The number of aromatic nitrogens is 2. The molecule has 1 aliphatic carbocycles. The lowest BCUT2D eigenvalue weighted by molar-refractivity contribution is 0.181. The molecule has 3 N–H and O–H groups in total. The summed E-state index contributed by atoms with van der Waals surface area (Å²) in [5, 5.41) is 18.3. The SMILES string of the molecule is O=c1[nH]c(=O)n(C2CC(O)C(CO)=C2F)cc1F. The van der Waals surface area contributed by atoms with Crippen LogP contribution < -0.4 is 11.2 Å². The van der Waals surface area contributed by atoms with Gasteiger partial charge in [-0.15, -0.1) is 0 Å². The van der Waals surface area contributed by atoms with Crippen molar-refractivity contribution < 1.29 is 19.0 Å². The highest BCUT2D eigenvalue weighted by atomic mass is 19.1. The lowest BCUT2D eigenvalue weighted by atomic mass is 10.2. The Hall–Kier alpha value is -1.80. The van der Waals surface area contributed by atoms with Crippen molar-refractivity contribution in [1.82, 2.24) is 9.55 Å². The summed E-state index contributed by atoms with van der Waals surface area (Å²) in [5.41, 5.74) is -2.41. The molecule has 0 fully saturated rings. The summed E-state index contributed by atoms with van der Waals surface area (Å²) >= 11 is 0. The Bertz CT molecular complexity index is 619. The number of rotatable bonds is 2. The molecule has 0 saturated heterocycles. The van der Waals surface area contributed by atoms with Crippen molar-refractivity contribution in [2.24, 2.45) is 0 Å². The molecule has 18 heavy (non-hydrogen) atoms. The Kier molecular flexibility index (Phi) is 3.14. The molecule has 2 atom stereocenters. The van der Waals surface area contributed by atoms with Crippen molar-refractivity contribution >= 4 is 0 Å². The van der Waals surface area contributed by atoms with Gasteiger partial charge in [-0.3, -0.25) is 14.3 Å². The maximum atomic E-state index is 13.8. The van der Waals surface area contributed by atoms with Crippen LogP contribution >= 0.6 is 0 Å². The Labute approximate surface area is 98.8 Å². The molecule has 0 saturated carbocycles. The first-order valence-electron chi connectivity index (χ1n) is 5.14. The zero-order valence-corrected chi connectivity index (χ0v) is 9.06. The first-order valence-corrected chi connectivity index (χ1v) is 5.14. The van der Waals surface area contributed by atoms with Crippen molar-refractivity contribution in [2.45, 2.75) is 18.6 Å². The lowest BCUT2D eigenvalue weighted by Crippen LogP contribution is -2.33.